The number of hydrogen-bond acceptors (Lipinski definition) is 7. The number of rotatable bonds is 11. The molecule has 0 aromatic heterocycles. The second kappa shape index (κ2) is 15.2. The van der Waals surface area contributed by atoms with Gasteiger partial charge in [0.2, 0.25) is 15.9 Å². The molecule has 0 saturated carbocycles. The van der Waals surface area contributed by atoms with Gasteiger partial charge >= 0.3 is 6.09 Å². The lowest BCUT2D eigenvalue weighted by Gasteiger charge is -2.39. The van der Waals surface area contributed by atoms with E-state index in [0.717, 1.165) is 0 Å². The van der Waals surface area contributed by atoms with Crippen molar-refractivity contribution in [2.45, 2.75) is 63.1 Å². The number of carbonyl (C=O) groups is 2. The molecule has 2 saturated heterocycles. The molecule has 2 heterocycles. The number of anilines is 1. The molecule has 0 aliphatic carbocycles. The molecule has 4 unspecified atom stereocenters. The summed E-state index contributed by atoms with van der Waals surface area (Å²) in [5.74, 6) is -2.12. The molecule has 2 aliphatic heterocycles. The first-order chi connectivity index (χ1) is 21.0. The smallest absolute Gasteiger partial charge is 0.407 e. The van der Waals surface area contributed by atoms with Crippen LogP contribution in [0.5, 0.6) is 0 Å². The zero-order valence-electron chi connectivity index (χ0n) is 25.4. The SMILES string of the molecule is COC(=O)NC(C(=O)Nc1cccc(F)c1CCCC1CNCC(C)N1S(C)(=O)=O)C(c1ccc(F)cc1)C1CCOCC1. The van der Waals surface area contributed by atoms with Crippen LogP contribution in [0.2, 0.25) is 0 Å². The van der Waals surface area contributed by atoms with Crippen molar-refractivity contribution in [3.63, 3.8) is 0 Å². The van der Waals surface area contributed by atoms with E-state index in [0.29, 0.717) is 57.6 Å². The summed E-state index contributed by atoms with van der Waals surface area (Å²) in [6, 6.07) is 8.63. The number of carbonyl (C=O) groups excluding carboxylic acids is 2. The Kier molecular flexibility index (Phi) is 11.7. The van der Waals surface area contributed by atoms with E-state index in [4.69, 9.17) is 9.47 Å². The van der Waals surface area contributed by atoms with Crippen molar-refractivity contribution in [3.8, 4) is 0 Å². The minimum Gasteiger partial charge on any atom is -0.453 e. The quantitative estimate of drug-likeness (QED) is 0.343. The third kappa shape index (κ3) is 8.52. The maximum Gasteiger partial charge on any atom is 0.407 e. The molecule has 44 heavy (non-hydrogen) atoms. The first kappa shape index (κ1) is 33.8. The topological polar surface area (TPSA) is 126 Å². The van der Waals surface area contributed by atoms with Crippen LogP contribution < -0.4 is 16.0 Å². The van der Waals surface area contributed by atoms with E-state index in [2.05, 4.69) is 16.0 Å². The molecule has 0 radical (unpaired) electrons. The monoisotopic (exact) mass is 636 g/mol. The summed E-state index contributed by atoms with van der Waals surface area (Å²) in [5.41, 5.74) is 1.21. The fourth-order valence-corrected chi connectivity index (χ4v) is 7.93. The number of sulfonamides is 1. The largest absolute Gasteiger partial charge is 0.453 e. The molecule has 13 heteroatoms. The molecule has 10 nitrogen and oxygen atoms in total. The number of nitrogens with zero attached hydrogens (tertiary/aromatic N) is 1. The van der Waals surface area contributed by atoms with Crippen LogP contribution in [0.1, 0.15) is 49.7 Å². The Morgan fingerprint density at radius 1 is 1.11 bits per heavy atom. The fraction of sp³-hybridized carbons (Fsp3) is 0.548. The van der Waals surface area contributed by atoms with E-state index < -0.39 is 45.6 Å². The van der Waals surface area contributed by atoms with Gasteiger partial charge in [0.05, 0.1) is 13.4 Å². The Hall–Kier alpha value is -3.13. The second-order valence-corrected chi connectivity index (χ2v) is 13.4. The van der Waals surface area contributed by atoms with Crippen LogP contribution in [-0.4, -0.2) is 82.5 Å². The number of nitrogens with one attached hydrogen (secondary N) is 3. The zero-order valence-corrected chi connectivity index (χ0v) is 26.2. The Balaban J connectivity index is 1.57. The van der Waals surface area contributed by atoms with Crippen LogP contribution >= 0.6 is 0 Å². The van der Waals surface area contributed by atoms with Crippen LogP contribution in [0.3, 0.4) is 0 Å². The summed E-state index contributed by atoms with van der Waals surface area (Å²) < 4.78 is 65.8. The summed E-state index contributed by atoms with van der Waals surface area (Å²) >= 11 is 0. The molecule has 2 amide bonds. The number of halogens is 2. The first-order valence-electron chi connectivity index (χ1n) is 14.9. The van der Waals surface area contributed by atoms with E-state index in [9.17, 15) is 22.4 Å². The second-order valence-electron chi connectivity index (χ2n) is 11.5. The Labute approximate surface area is 257 Å². The van der Waals surface area contributed by atoms with Crippen LogP contribution in [0, 0.1) is 17.6 Å². The highest BCUT2D eigenvalue weighted by Crippen LogP contribution is 2.36. The summed E-state index contributed by atoms with van der Waals surface area (Å²) in [6.07, 6.45) is 2.85. The van der Waals surface area contributed by atoms with Gasteiger partial charge in [-0.05, 0) is 74.8 Å². The molecule has 242 valence electrons. The third-order valence-corrected chi connectivity index (χ3v) is 9.89. The van der Waals surface area contributed by atoms with Crippen molar-refractivity contribution in [3.05, 3.63) is 65.2 Å². The lowest BCUT2D eigenvalue weighted by molar-refractivity contribution is -0.119. The zero-order chi connectivity index (χ0) is 31.9. The van der Waals surface area contributed by atoms with Crippen molar-refractivity contribution in [1.29, 1.82) is 0 Å². The van der Waals surface area contributed by atoms with Gasteiger partial charge in [0, 0.05) is 55.6 Å². The number of amides is 2. The minimum atomic E-state index is -3.43. The predicted molar refractivity (Wildman–Crippen MR) is 163 cm³/mol. The van der Waals surface area contributed by atoms with Gasteiger partial charge in [0.1, 0.15) is 17.7 Å². The highest BCUT2D eigenvalue weighted by molar-refractivity contribution is 7.88. The Morgan fingerprint density at radius 2 is 1.82 bits per heavy atom. The summed E-state index contributed by atoms with van der Waals surface area (Å²) in [7, 11) is -2.23. The molecule has 0 spiro atoms. The van der Waals surface area contributed by atoms with Crippen LogP contribution in [-0.2, 0) is 30.7 Å². The van der Waals surface area contributed by atoms with Crippen molar-refractivity contribution >= 4 is 27.7 Å². The number of alkyl carbamates (subject to hydrolysis) is 1. The van der Waals surface area contributed by atoms with Crippen molar-refractivity contribution < 1.29 is 36.3 Å². The van der Waals surface area contributed by atoms with E-state index in [1.807, 2.05) is 6.92 Å². The highest BCUT2D eigenvalue weighted by Gasteiger charge is 2.38. The maximum atomic E-state index is 15.2. The van der Waals surface area contributed by atoms with Crippen LogP contribution in [0.4, 0.5) is 19.3 Å². The Morgan fingerprint density at radius 3 is 2.48 bits per heavy atom. The van der Waals surface area contributed by atoms with Crippen molar-refractivity contribution in [2.24, 2.45) is 5.92 Å². The van der Waals surface area contributed by atoms with Gasteiger partial charge < -0.3 is 25.4 Å². The molecule has 4 atom stereocenters. The molecule has 0 bridgehead atoms. The van der Waals surface area contributed by atoms with E-state index >= 15 is 4.39 Å². The lowest BCUT2D eigenvalue weighted by atomic mass is 9.76. The van der Waals surface area contributed by atoms with Crippen molar-refractivity contribution in [1.82, 2.24) is 14.9 Å². The average Bonchev–Trinajstić information content (AvgIpc) is 2.99. The molecular weight excluding hydrogens is 594 g/mol. The predicted octanol–water partition coefficient (Wildman–Crippen LogP) is 3.78. The first-order valence-corrected chi connectivity index (χ1v) is 16.8. The summed E-state index contributed by atoms with van der Waals surface area (Å²) in [4.78, 5) is 26.4. The molecule has 4 rings (SSSR count). The molecule has 3 N–H and O–H groups in total. The average molecular weight is 637 g/mol. The standard InChI is InChI=1S/C31H42F2N4O6S/c1-20-18-34-19-24(37(20)44(3,40)41)6-4-7-25-26(33)8-5-9-27(25)35-30(38)29(36-31(39)42-2)28(22-14-16-43-17-15-22)21-10-12-23(32)13-11-21/h5,8-13,20,22,24,28-29,34H,4,6-7,14-19H2,1-3H3,(H,35,38)(H,36,39). The third-order valence-electron chi connectivity index (χ3n) is 8.47. The van der Waals surface area contributed by atoms with Gasteiger partial charge in [-0.2, -0.15) is 4.31 Å². The van der Waals surface area contributed by atoms with Gasteiger partial charge in [-0.15, -0.1) is 0 Å². The minimum absolute atomic E-state index is 0.0709. The van der Waals surface area contributed by atoms with Gasteiger partial charge in [0.15, 0.2) is 0 Å². The van der Waals surface area contributed by atoms with Gasteiger partial charge in [-0.25, -0.2) is 22.0 Å². The molecule has 2 fully saturated rings. The van der Waals surface area contributed by atoms with E-state index in [-0.39, 0.29) is 35.7 Å². The number of methoxy groups -OCH3 is 1. The van der Waals surface area contributed by atoms with E-state index in [1.165, 1.54) is 41.9 Å². The maximum absolute atomic E-state index is 15.2. The fourth-order valence-electron chi connectivity index (χ4n) is 6.48. The van der Waals surface area contributed by atoms with Crippen LogP contribution in [0.25, 0.3) is 0 Å². The van der Waals surface area contributed by atoms with Crippen molar-refractivity contribution in [2.75, 3.05) is 45.0 Å². The van der Waals surface area contributed by atoms with E-state index in [1.54, 1.807) is 18.2 Å². The normalized spacial score (nSPS) is 21.3. The molecule has 2 aromatic carbocycles. The molecule has 2 aliphatic rings. The van der Waals surface area contributed by atoms with Gasteiger partial charge in [-0.1, -0.05) is 18.2 Å². The number of hydrogen-bond donors (Lipinski definition) is 3. The molecule has 2 aromatic rings. The lowest BCUT2D eigenvalue weighted by Crippen LogP contribution is -2.57. The Bertz CT molecular complexity index is 1390. The highest BCUT2D eigenvalue weighted by atomic mass is 32.2. The number of piperazine rings is 1. The number of ether oxygens (including phenoxy) is 2. The summed E-state index contributed by atoms with van der Waals surface area (Å²) in [6.45, 7) is 3.86. The number of benzene rings is 2. The summed E-state index contributed by atoms with van der Waals surface area (Å²) in [5, 5.41) is 8.77. The molecular formula is C31H42F2N4O6S. The van der Waals surface area contributed by atoms with Gasteiger partial charge in [0.25, 0.3) is 0 Å². The van der Waals surface area contributed by atoms with Crippen LogP contribution in [0.15, 0.2) is 42.5 Å². The van der Waals surface area contributed by atoms with Gasteiger partial charge in [-0.3, -0.25) is 4.79 Å².